The van der Waals surface area contributed by atoms with Gasteiger partial charge in [-0.1, -0.05) is 6.92 Å². The van der Waals surface area contributed by atoms with E-state index in [1.54, 1.807) is 6.07 Å². The molecule has 0 N–H and O–H groups in total. The third-order valence-corrected chi connectivity index (χ3v) is 4.36. The van der Waals surface area contributed by atoms with E-state index >= 15 is 0 Å². The molecule has 1 aromatic carbocycles. The summed E-state index contributed by atoms with van der Waals surface area (Å²) in [5.74, 6) is 2.63. The lowest BCUT2D eigenvalue weighted by molar-refractivity contribution is 0.592. The highest BCUT2D eigenvalue weighted by Crippen LogP contribution is 2.29. The summed E-state index contributed by atoms with van der Waals surface area (Å²) in [6.07, 6.45) is 0. The summed E-state index contributed by atoms with van der Waals surface area (Å²) in [5, 5.41) is -0.190. The van der Waals surface area contributed by atoms with E-state index in [4.69, 9.17) is 11.6 Å². The minimum absolute atomic E-state index is 0.190. The fraction of sp³-hybridized carbons (Fsp3) is 0.500. The highest BCUT2D eigenvalue weighted by molar-refractivity contribution is 7.99. The first kappa shape index (κ1) is 14.7. The van der Waals surface area contributed by atoms with Crippen LogP contribution in [0.2, 0.25) is 0 Å². The molecule has 0 aliphatic carbocycles. The monoisotopic (exact) mass is 300 g/mol. The van der Waals surface area contributed by atoms with Crippen LogP contribution in [0.25, 0.3) is 11.0 Å². The Morgan fingerprint density at radius 3 is 2.79 bits per heavy atom. The molecule has 0 saturated carbocycles. The van der Waals surface area contributed by atoms with E-state index in [1.165, 1.54) is 12.1 Å². The average Bonchev–Trinajstić information content (AvgIpc) is 2.74. The van der Waals surface area contributed by atoms with Crippen LogP contribution in [0.15, 0.2) is 18.2 Å². The minimum Gasteiger partial charge on any atom is -0.323 e. The Balaban J connectivity index is 2.51. The van der Waals surface area contributed by atoms with Crippen LogP contribution in [0, 0.1) is 5.82 Å². The summed E-state index contributed by atoms with van der Waals surface area (Å²) in [6.45, 7) is 6.19. The van der Waals surface area contributed by atoms with Gasteiger partial charge in [-0.2, -0.15) is 11.8 Å². The second-order valence-electron chi connectivity index (χ2n) is 4.60. The Morgan fingerprint density at radius 2 is 2.16 bits per heavy atom. The Hall–Kier alpha value is -0.740. The number of rotatable bonds is 5. The van der Waals surface area contributed by atoms with Gasteiger partial charge in [-0.15, -0.1) is 11.6 Å². The lowest BCUT2D eigenvalue weighted by atomic mass is 10.3. The molecule has 2 aromatic rings. The fourth-order valence-electron chi connectivity index (χ4n) is 2.20. The number of hydrogen-bond donors (Lipinski definition) is 0. The van der Waals surface area contributed by atoms with Crippen molar-refractivity contribution >= 4 is 34.4 Å². The zero-order valence-electron chi connectivity index (χ0n) is 11.4. The Kier molecular flexibility index (Phi) is 4.74. The summed E-state index contributed by atoms with van der Waals surface area (Å²) in [7, 11) is 0. The van der Waals surface area contributed by atoms with Crippen LogP contribution in [0.3, 0.4) is 0 Å². The molecule has 1 aromatic heterocycles. The van der Waals surface area contributed by atoms with E-state index in [2.05, 4.69) is 23.4 Å². The van der Waals surface area contributed by atoms with E-state index in [0.29, 0.717) is 5.52 Å². The predicted octanol–water partition coefficient (Wildman–Crippen LogP) is 4.79. The van der Waals surface area contributed by atoms with Gasteiger partial charge in [0.05, 0.1) is 16.4 Å². The SMILES string of the molecule is CCSCC(C)n1c(C(C)Cl)nc2cc(F)ccc21. The zero-order chi connectivity index (χ0) is 14.0. The van der Waals surface area contributed by atoms with Crippen molar-refractivity contribution in [3.8, 4) is 0 Å². The van der Waals surface area contributed by atoms with Crippen molar-refractivity contribution in [2.75, 3.05) is 11.5 Å². The van der Waals surface area contributed by atoms with Gasteiger partial charge in [-0.25, -0.2) is 9.37 Å². The van der Waals surface area contributed by atoms with Gasteiger partial charge < -0.3 is 4.57 Å². The Labute approximate surface area is 122 Å². The number of nitrogens with zero attached hydrogens (tertiary/aromatic N) is 2. The molecule has 0 aliphatic rings. The molecule has 2 unspecified atom stereocenters. The third-order valence-electron chi connectivity index (χ3n) is 3.04. The van der Waals surface area contributed by atoms with Crippen molar-refractivity contribution < 1.29 is 4.39 Å². The average molecular weight is 301 g/mol. The van der Waals surface area contributed by atoms with Crippen LogP contribution in [-0.2, 0) is 0 Å². The molecule has 0 bridgehead atoms. The van der Waals surface area contributed by atoms with E-state index in [9.17, 15) is 4.39 Å². The highest BCUT2D eigenvalue weighted by atomic mass is 35.5. The van der Waals surface area contributed by atoms with Crippen LogP contribution in [0.1, 0.15) is 38.0 Å². The molecule has 0 saturated heterocycles. The van der Waals surface area contributed by atoms with E-state index in [-0.39, 0.29) is 17.2 Å². The van der Waals surface area contributed by atoms with Crippen molar-refractivity contribution in [3.05, 3.63) is 29.8 Å². The number of benzene rings is 1. The highest BCUT2D eigenvalue weighted by Gasteiger charge is 2.19. The van der Waals surface area contributed by atoms with Gasteiger partial charge in [-0.3, -0.25) is 0 Å². The molecule has 2 atom stereocenters. The number of halogens is 2. The van der Waals surface area contributed by atoms with Gasteiger partial charge >= 0.3 is 0 Å². The van der Waals surface area contributed by atoms with Crippen LogP contribution in [-0.4, -0.2) is 21.1 Å². The molecule has 0 spiro atoms. The van der Waals surface area contributed by atoms with Crippen molar-refractivity contribution in [1.29, 1.82) is 0 Å². The smallest absolute Gasteiger partial charge is 0.127 e. The maximum absolute atomic E-state index is 13.3. The lowest BCUT2D eigenvalue weighted by Crippen LogP contribution is -2.12. The number of imidazole rings is 1. The van der Waals surface area contributed by atoms with Crippen LogP contribution < -0.4 is 0 Å². The molecule has 104 valence electrons. The molecule has 19 heavy (non-hydrogen) atoms. The fourth-order valence-corrected chi connectivity index (χ4v) is 3.08. The number of alkyl halides is 1. The molecule has 0 aliphatic heterocycles. The quantitative estimate of drug-likeness (QED) is 0.739. The molecule has 0 fully saturated rings. The Bertz CT molecular complexity index is 568. The number of hydrogen-bond acceptors (Lipinski definition) is 2. The van der Waals surface area contributed by atoms with Gasteiger partial charge in [0.25, 0.3) is 0 Å². The predicted molar refractivity (Wildman–Crippen MR) is 81.7 cm³/mol. The molecule has 2 rings (SSSR count). The van der Waals surface area contributed by atoms with Crippen LogP contribution >= 0.6 is 23.4 Å². The van der Waals surface area contributed by atoms with Crippen LogP contribution in [0.5, 0.6) is 0 Å². The maximum Gasteiger partial charge on any atom is 0.127 e. The maximum atomic E-state index is 13.3. The standard InChI is InChI=1S/C14H18ClFN2S/c1-4-19-8-9(2)18-13-6-5-11(16)7-12(13)17-14(18)10(3)15/h5-7,9-10H,4,8H2,1-3H3. The van der Waals surface area contributed by atoms with Gasteiger partial charge in [-0.05, 0) is 31.7 Å². The summed E-state index contributed by atoms with van der Waals surface area (Å²) in [5.41, 5.74) is 1.63. The zero-order valence-corrected chi connectivity index (χ0v) is 12.9. The summed E-state index contributed by atoms with van der Waals surface area (Å²) >= 11 is 8.09. The molecule has 1 heterocycles. The topological polar surface area (TPSA) is 17.8 Å². The van der Waals surface area contributed by atoms with Gasteiger partial charge in [0.15, 0.2) is 0 Å². The number of thioether (sulfide) groups is 1. The molecule has 2 nitrogen and oxygen atoms in total. The van der Waals surface area contributed by atoms with Crippen molar-refractivity contribution in [3.63, 3.8) is 0 Å². The molecular formula is C14H18ClFN2S. The lowest BCUT2D eigenvalue weighted by Gasteiger charge is -2.18. The first-order chi connectivity index (χ1) is 9.04. The van der Waals surface area contributed by atoms with Gasteiger partial charge in [0, 0.05) is 17.9 Å². The van der Waals surface area contributed by atoms with Crippen molar-refractivity contribution in [1.82, 2.24) is 9.55 Å². The Morgan fingerprint density at radius 1 is 1.42 bits per heavy atom. The second kappa shape index (κ2) is 6.14. The summed E-state index contributed by atoms with van der Waals surface area (Å²) < 4.78 is 15.4. The normalized spacial score (nSPS) is 14.8. The summed E-state index contributed by atoms with van der Waals surface area (Å²) in [6, 6.07) is 5.02. The summed E-state index contributed by atoms with van der Waals surface area (Å²) in [4.78, 5) is 4.48. The van der Waals surface area contributed by atoms with Gasteiger partial charge in [0.1, 0.15) is 11.6 Å². The first-order valence-electron chi connectivity index (χ1n) is 6.43. The molecular weight excluding hydrogens is 283 g/mol. The largest absolute Gasteiger partial charge is 0.323 e. The van der Waals surface area contributed by atoms with Crippen molar-refractivity contribution in [2.45, 2.75) is 32.2 Å². The third kappa shape index (κ3) is 3.06. The van der Waals surface area contributed by atoms with Crippen LogP contribution in [0.4, 0.5) is 4.39 Å². The second-order valence-corrected chi connectivity index (χ2v) is 6.57. The number of fused-ring (bicyclic) bond motifs is 1. The van der Waals surface area contributed by atoms with E-state index in [0.717, 1.165) is 22.8 Å². The molecule has 5 heteroatoms. The van der Waals surface area contributed by atoms with E-state index < -0.39 is 0 Å². The minimum atomic E-state index is -0.262. The molecule has 0 amide bonds. The van der Waals surface area contributed by atoms with E-state index in [1.807, 2.05) is 18.7 Å². The number of aromatic nitrogens is 2. The van der Waals surface area contributed by atoms with Gasteiger partial charge in [0.2, 0.25) is 0 Å². The van der Waals surface area contributed by atoms with Crippen molar-refractivity contribution in [2.24, 2.45) is 0 Å². The molecule has 0 radical (unpaired) electrons. The first-order valence-corrected chi connectivity index (χ1v) is 8.03.